The van der Waals surface area contributed by atoms with E-state index >= 15 is 0 Å². The van der Waals surface area contributed by atoms with Crippen molar-refractivity contribution in [2.45, 2.75) is 31.9 Å². The zero-order valence-corrected chi connectivity index (χ0v) is 16.1. The van der Waals surface area contributed by atoms with Gasteiger partial charge in [-0.1, -0.05) is 0 Å². The van der Waals surface area contributed by atoms with Crippen molar-refractivity contribution in [3.63, 3.8) is 0 Å². The van der Waals surface area contributed by atoms with E-state index in [0.29, 0.717) is 17.4 Å². The predicted molar refractivity (Wildman–Crippen MR) is 97.4 cm³/mol. The van der Waals surface area contributed by atoms with Crippen molar-refractivity contribution in [3.05, 3.63) is 23.8 Å². The number of carboxylic acids is 1. The van der Waals surface area contributed by atoms with E-state index in [1.165, 1.54) is 6.07 Å². The monoisotopic (exact) mass is 455 g/mol. The highest BCUT2D eigenvalue weighted by atomic mass is 19.4. The molecular weight excluding hydrogens is 436 g/mol. The van der Waals surface area contributed by atoms with Gasteiger partial charge in [-0.05, 0) is 25.1 Å². The second-order valence-electron chi connectivity index (χ2n) is 6.47. The Morgan fingerprint density at radius 1 is 1.23 bits per heavy atom. The lowest BCUT2D eigenvalue weighted by atomic mass is 10.1. The molecule has 0 spiro atoms. The summed E-state index contributed by atoms with van der Waals surface area (Å²) in [6.45, 7) is 3.79. The number of rotatable bonds is 5. The number of aliphatic carboxylic acids is 1. The summed E-state index contributed by atoms with van der Waals surface area (Å²) in [5.74, 6) is -2.69. The van der Waals surface area contributed by atoms with Crippen molar-refractivity contribution >= 4 is 28.6 Å². The van der Waals surface area contributed by atoms with E-state index in [-0.39, 0.29) is 24.3 Å². The van der Waals surface area contributed by atoms with Gasteiger partial charge in [0.05, 0.1) is 23.7 Å². The Labute approximate surface area is 171 Å². The van der Waals surface area contributed by atoms with E-state index in [0.717, 1.165) is 25.2 Å². The van der Waals surface area contributed by atoms with Gasteiger partial charge >= 0.3 is 18.3 Å². The highest BCUT2D eigenvalue weighted by molar-refractivity contribution is 5.92. The summed E-state index contributed by atoms with van der Waals surface area (Å²) in [5, 5.41) is 20.4. The number of hydrogen-bond donors (Lipinski definition) is 4. The Morgan fingerprint density at radius 3 is 2.29 bits per heavy atom. The number of anilines is 1. The lowest BCUT2D eigenvalue weighted by Crippen LogP contribution is -2.57. The highest BCUT2D eigenvalue weighted by Crippen LogP contribution is 2.33. The number of carboxylic acid groups (broad SMARTS) is 1. The van der Waals surface area contributed by atoms with E-state index < -0.39 is 23.9 Å². The Balaban J connectivity index is 0.000000423. The molecule has 0 radical (unpaired) electrons. The van der Waals surface area contributed by atoms with Gasteiger partial charge in [0.25, 0.3) is 0 Å². The van der Waals surface area contributed by atoms with Crippen LogP contribution < -0.4 is 16.0 Å². The number of halogens is 6. The molecule has 2 aromatic rings. The molecule has 1 aliphatic rings. The van der Waals surface area contributed by atoms with Gasteiger partial charge in [-0.25, -0.2) is 4.79 Å². The predicted octanol–water partition coefficient (Wildman–Crippen LogP) is 2.21. The van der Waals surface area contributed by atoms with Crippen molar-refractivity contribution in [1.82, 2.24) is 20.4 Å². The third-order valence-electron chi connectivity index (χ3n) is 4.18. The number of aromatic nitrogens is 2. The quantitative estimate of drug-likeness (QED) is 0.515. The van der Waals surface area contributed by atoms with Crippen LogP contribution in [0.4, 0.5) is 32.2 Å². The fraction of sp³-hybridized carbons (Fsp3) is 0.471. The first-order valence-electron chi connectivity index (χ1n) is 8.94. The summed E-state index contributed by atoms with van der Waals surface area (Å²) in [4.78, 5) is 20.7. The number of benzene rings is 1. The van der Waals surface area contributed by atoms with Crippen LogP contribution in [0.2, 0.25) is 0 Å². The second-order valence-corrected chi connectivity index (χ2v) is 6.47. The summed E-state index contributed by atoms with van der Waals surface area (Å²) in [6, 6.07) is 3.61. The molecule has 8 nitrogen and oxygen atoms in total. The van der Waals surface area contributed by atoms with Gasteiger partial charge in [0, 0.05) is 25.0 Å². The normalized spacial score (nSPS) is 14.4. The maximum Gasteiger partial charge on any atom is 0.490 e. The zero-order valence-electron chi connectivity index (χ0n) is 16.1. The molecule has 1 aromatic heterocycles. The molecule has 0 saturated carbocycles. The van der Waals surface area contributed by atoms with Crippen LogP contribution in [0.25, 0.3) is 10.9 Å². The molecule has 0 atom stereocenters. The first-order chi connectivity index (χ1) is 14.3. The van der Waals surface area contributed by atoms with E-state index in [1.54, 1.807) is 4.68 Å². The van der Waals surface area contributed by atoms with Crippen LogP contribution in [0.15, 0.2) is 18.2 Å². The molecule has 2 heterocycles. The molecule has 3 rings (SSSR count). The van der Waals surface area contributed by atoms with Crippen LogP contribution in [0.5, 0.6) is 0 Å². The molecule has 0 bridgehead atoms. The van der Waals surface area contributed by atoms with Gasteiger partial charge in [-0.3, -0.25) is 9.48 Å². The van der Waals surface area contributed by atoms with Crippen molar-refractivity contribution < 1.29 is 41.0 Å². The summed E-state index contributed by atoms with van der Waals surface area (Å²) in [7, 11) is 0. The first kappa shape index (κ1) is 24.2. The smallest absolute Gasteiger partial charge is 0.475 e. The van der Waals surface area contributed by atoms with E-state index in [4.69, 9.17) is 9.90 Å². The second kappa shape index (κ2) is 9.41. The minimum atomic E-state index is -5.08. The lowest BCUT2D eigenvalue weighted by Gasteiger charge is -2.27. The molecular formula is C17H19F6N5O3. The summed E-state index contributed by atoms with van der Waals surface area (Å²) >= 11 is 0. The average molecular weight is 455 g/mol. The van der Waals surface area contributed by atoms with Gasteiger partial charge in [-0.15, -0.1) is 0 Å². The third kappa shape index (κ3) is 6.47. The van der Waals surface area contributed by atoms with Crippen molar-refractivity contribution in [3.8, 4) is 0 Å². The molecule has 0 unspecified atom stereocenters. The van der Waals surface area contributed by atoms with Crippen LogP contribution in [0, 0.1) is 0 Å². The Morgan fingerprint density at radius 2 is 1.84 bits per heavy atom. The highest BCUT2D eigenvalue weighted by Gasteiger charge is 2.38. The lowest BCUT2D eigenvalue weighted by molar-refractivity contribution is -0.192. The average Bonchev–Trinajstić information content (AvgIpc) is 2.99. The molecule has 0 aliphatic carbocycles. The van der Waals surface area contributed by atoms with Gasteiger partial charge in [0.2, 0.25) is 5.91 Å². The molecule has 1 amide bonds. The van der Waals surface area contributed by atoms with Crippen LogP contribution in [-0.4, -0.2) is 58.6 Å². The Kier molecular flexibility index (Phi) is 7.36. The Hall–Kier alpha value is -3.03. The molecule has 4 N–H and O–H groups in total. The van der Waals surface area contributed by atoms with Crippen LogP contribution in [-0.2, 0) is 22.3 Å². The molecule has 1 aromatic carbocycles. The molecule has 172 valence electrons. The molecule has 1 fully saturated rings. The van der Waals surface area contributed by atoms with Crippen LogP contribution >= 0.6 is 0 Å². The van der Waals surface area contributed by atoms with E-state index in [1.807, 2.05) is 6.92 Å². The van der Waals surface area contributed by atoms with E-state index in [9.17, 15) is 31.1 Å². The number of carbonyl (C=O) groups is 2. The minimum Gasteiger partial charge on any atom is -0.475 e. The number of nitrogens with zero attached hydrogens (tertiary/aromatic N) is 2. The van der Waals surface area contributed by atoms with Crippen LogP contribution in [0.3, 0.4) is 0 Å². The van der Waals surface area contributed by atoms with Gasteiger partial charge in [-0.2, -0.15) is 31.4 Å². The fourth-order valence-corrected chi connectivity index (χ4v) is 2.56. The molecule has 14 heteroatoms. The van der Waals surface area contributed by atoms with Gasteiger partial charge in [0.15, 0.2) is 5.82 Å². The van der Waals surface area contributed by atoms with Crippen molar-refractivity contribution in [2.24, 2.45) is 0 Å². The topological polar surface area (TPSA) is 108 Å². The largest absolute Gasteiger partial charge is 0.490 e. The number of amides is 1. The molecule has 1 saturated heterocycles. The number of aryl methyl sites for hydroxylation is 1. The Bertz CT molecular complexity index is 937. The molecule has 1 aliphatic heterocycles. The van der Waals surface area contributed by atoms with Gasteiger partial charge < -0.3 is 21.1 Å². The summed E-state index contributed by atoms with van der Waals surface area (Å²) < 4.78 is 72.1. The van der Waals surface area contributed by atoms with E-state index in [2.05, 4.69) is 21.0 Å². The number of alkyl halides is 6. The number of hydrogen-bond acceptors (Lipinski definition) is 5. The minimum absolute atomic E-state index is 0.0391. The van der Waals surface area contributed by atoms with Crippen LogP contribution in [0.1, 0.15) is 12.5 Å². The van der Waals surface area contributed by atoms with Crippen molar-refractivity contribution in [1.29, 1.82) is 0 Å². The first-order valence-corrected chi connectivity index (χ1v) is 8.94. The number of carbonyl (C=O) groups excluding carboxylic acids is 1. The SMILES string of the molecule is CCn1nc(NCC(=O)NC2CNC2)c2cc(C(F)(F)F)ccc21.O=C(O)C(F)(F)F. The maximum atomic E-state index is 12.9. The third-order valence-corrected chi connectivity index (χ3v) is 4.18. The van der Waals surface area contributed by atoms with Crippen molar-refractivity contribution in [2.75, 3.05) is 25.0 Å². The standard InChI is InChI=1S/C15H18F3N5O.C2HF3O2/c1-2-23-12-4-3-9(15(16,17)18)5-11(12)14(22-23)20-8-13(24)21-10-6-19-7-10;3-2(4,5)1(6)7/h3-5,10,19H,2,6-8H2,1H3,(H,20,22)(H,21,24);(H,6,7). The van der Waals surface area contributed by atoms with Gasteiger partial charge in [0.1, 0.15) is 0 Å². The zero-order chi connectivity index (χ0) is 23.4. The summed E-state index contributed by atoms with van der Waals surface area (Å²) in [5.41, 5.74) is -0.143. The fourth-order valence-electron chi connectivity index (χ4n) is 2.56. The number of fused-ring (bicyclic) bond motifs is 1. The number of nitrogens with one attached hydrogen (secondary N) is 3. The summed E-state index contributed by atoms with van der Waals surface area (Å²) in [6.07, 6.45) is -9.51. The molecule has 31 heavy (non-hydrogen) atoms. The maximum absolute atomic E-state index is 12.9.